The van der Waals surface area contributed by atoms with Crippen LogP contribution in [0.4, 0.5) is 0 Å². The van der Waals surface area contributed by atoms with E-state index in [9.17, 15) is 4.79 Å². The minimum atomic E-state index is -0.106. The van der Waals surface area contributed by atoms with Gasteiger partial charge in [-0.25, -0.2) is 0 Å². The molecule has 0 radical (unpaired) electrons. The molecule has 1 N–H and O–H groups in total. The fraction of sp³-hybridized carbons (Fsp3) is 0.562. The summed E-state index contributed by atoms with van der Waals surface area (Å²) in [5, 5.41) is 3.53. The molecule has 1 aliphatic rings. The number of benzene rings is 1. The monoisotopic (exact) mass is 330 g/mol. The molecule has 0 aliphatic heterocycles. The second-order valence-corrected chi connectivity index (χ2v) is 5.99. The van der Waals surface area contributed by atoms with Crippen molar-refractivity contribution in [2.45, 2.75) is 51.2 Å². The largest absolute Gasteiger partial charge is 0.337 e. The first-order valence-electron chi connectivity index (χ1n) is 7.37. The number of halogens is 2. The molecule has 1 aromatic rings. The molecule has 5 heteroatoms. The summed E-state index contributed by atoms with van der Waals surface area (Å²) in [7, 11) is 2.09. The highest BCUT2D eigenvalue weighted by Gasteiger charge is 2.23. The van der Waals surface area contributed by atoms with Crippen LogP contribution in [0.5, 0.6) is 0 Å². The van der Waals surface area contributed by atoms with Crippen molar-refractivity contribution in [2.75, 3.05) is 7.05 Å². The minimum absolute atomic E-state index is 0. The molecule has 1 unspecified atom stereocenters. The highest BCUT2D eigenvalue weighted by atomic mass is 35.5. The van der Waals surface area contributed by atoms with E-state index >= 15 is 0 Å². The molecule has 1 aromatic carbocycles. The van der Waals surface area contributed by atoms with Crippen LogP contribution in [0.2, 0.25) is 5.02 Å². The third-order valence-corrected chi connectivity index (χ3v) is 4.55. The average molecular weight is 331 g/mol. The maximum atomic E-state index is 12.2. The van der Waals surface area contributed by atoms with Crippen molar-refractivity contribution < 1.29 is 4.79 Å². The van der Waals surface area contributed by atoms with Crippen LogP contribution in [0.15, 0.2) is 24.3 Å². The van der Waals surface area contributed by atoms with E-state index in [1.807, 2.05) is 19.1 Å². The highest BCUT2D eigenvalue weighted by Crippen LogP contribution is 2.22. The van der Waals surface area contributed by atoms with Crippen molar-refractivity contribution in [1.82, 2.24) is 10.2 Å². The van der Waals surface area contributed by atoms with Gasteiger partial charge in [-0.1, -0.05) is 43.0 Å². The second-order valence-electron chi connectivity index (χ2n) is 5.59. The second kappa shape index (κ2) is 8.62. The number of nitrogens with zero attached hydrogens (tertiary/aromatic N) is 1. The lowest BCUT2D eigenvalue weighted by Crippen LogP contribution is -2.49. The van der Waals surface area contributed by atoms with Crippen LogP contribution >= 0.6 is 24.0 Å². The van der Waals surface area contributed by atoms with E-state index in [1.165, 1.54) is 32.1 Å². The molecule has 0 saturated heterocycles. The van der Waals surface area contributed by atoms with E-state index < -0.39 is 0 Å². The summed E-state index contributed by atoms with van der Waals surface area (Å²) in [4.78, 5) is 14.5. The zero-order valence-electron chi connectivity index (χ0n) is 12.6. The van der Waals surface area contributed by atoms with E-state index in [1.54, 1.807) is 12.1 Å². The third kappa shape index (κ3) is 4.87. The summed E-state index contributed by atoms with van der Waals surface area (Å²) in [5.41, 5.74) is 0.540. The van der Waals surface area contributed by atoms with Gasteiger partial charge in [0.2, 0.25) is 0 Å². The fourth-order valence-corrected chi connectivity index (χ4v) is 3.04. The smallest absolute Gasteiger partial charge is 0.254 e. The van der Waals surface area contributed by atoms with Gasteiger partial charge in [0.1, 0.15) is 0 Å². The number of nitrogens with one attached hydrogen (secondary N) is 1. The lowest BCUT2D eigenvalue weighted by atomic mass is 9.94. The number of hydrogen-bond donors (Lipinski definition) is 1. The molecular weight excluding hydrogens is 307 g/mol. The fourth-order valence-electron chi connectivity index (χ4n) is 2.82. The molecule has 1 fully saturated rings. The molecule has 3 nitrogen and oxygen atoms in total. The Hall–Kier alpha value is -0.770. The zero-order chi connectivity index (χ0) is 14.5. The zero-order valence-corrected chi connectivity index (χ0v) is 14.2. The van der Waals surface area contributed by atoms with Crippen LogP contribution in [-0.4, -0.2) is 30.1 Å². The molecule has 0 spiro atoms. The Balaban J connectivity index is 0.00000220. The van der Waals surface area contributed by atoms with E-state index in [0.717, 1.165) is 0 Å². The van der Waals surface area contributed by atoms with Crippen LogP contribution in [0, 0.1) is 0 Å². The molecule has 0 heterocycles. The summed E-state index contributed by atoms with van der Waals surface area (Å²) in [6.45, 7) is 2.03. The van der Waals surface area contributed by atoms with Gasteiger partial charge in [0.15, 0.2) is 0 Å². The standard InChI is InChI=1S/C16H23ClN2O.ClH/c1-12(19(2)13-8-4-3-5-9-13)18-16(20)14-10-6-7-11-15(14)17;/h6-7,10-13H,3-5,8-9H2,1-2H3,(H,18,20);1H. The summed E-state index contributed by atoms with van der Waals surface area (Å²) >= 11 is 6.06. The average Bonchev–Trinajstić information content (AvgIpc) is 2.47. The Morgan fingerprint density at radius 2 is 1.90 bits per heavy atom. The topological polar surface area (TPSA) is 32.3 Å². The van der Waals surface area contributed by atoms with Gasteiger partial charge < -0.3 is 5.32 Å². The number of carbonyl (C=O) groups is 1. The molecule has 0 bridgehead atoms. The summed E-state index contributed by atoms with van der Waals surface area (Å²) < 4.78 is 0. The Labute approximate surface area is 138 Å². The van der Waals surface area contributed by atoms with Gasteiger partial charge in [-0.15, -0.1) is 12.4 Å². The van der Waals surface area contributed by atoms with Gasteiger partial charge in [0.05, 0.1) is 16.8 Å². The van der Waals surface area contributed by atoms with Crippen molar-refractivity contribution in [2.24, 2.45) is 0 Å². The van der Waals surface area contributed by atoms with Crippen LogP contribution < -0.4 is 5.32 Å². The quantitative estimate of drug-likeness (QED) is 0.843. The molecule has 1 amide bonds. The van der Waals surface area contributed by atoms with Gasteiger partial charge in [0.25, 0.3) is 5.91 Å². The number of rotatable bonds is 4. The molecule has 1 atom stereocenters. The summed E-state index contributed by atoms with van der Waals surface area (Å²) in [6, 6.07) is 7.73. The van der Waals surface area contributed by atoms with Crippen molar-refractivity contribution in [3.05, 3.63) is 34.9 Å². The lowest BCUT2D eigenvalue weighted by molar-refractivity contribution is 0.0810. The van der Waals surface area contributed by atoms with Crippen LogP contribution in [-0.2, 0) is 0 Å². The number of amides is 1. The van der Waals surface area contributed by atoms with Gasteiger partial charge in [0, 0.05) is 6.04 Å². The predicted molar refractivity (Wildman–Crippen MR) is 90.3 cm³/mol. The van der Waals surface area contributed by atoms with Crippen LogP contribution in [0.1, 0.15) is 49.4 Å². The third-order valence-electron chi connectivity index (χ3n) is 4.22. The predicted octanol–water partition coefficient (Wildman–Crippen LogP) is 4.10. The molecule has 2 rings (SSSR count). The number of carbonyl (C=O) groups excluding carboxylic acids is 1. The van der Waals surface area contributed by atoms with Crippen LogP contribution in [0.25, 0.3) is 0 Å². The van der Waals surface area contributed by atoms with Crippen molar-refractivity contribution in [3.8, 4) is 0 Å². The lowest BCUT2D eigenvalue weighted by Gasteiger charge is -2.35. The summed E-state index contributed by atoms with van der Waals surface area (Å²) in [5.74, 6) is -0.106. The molecular formula is C16H24Cl2N2O. The van der Waals surface area contributed by atoms with E-state index in [4.69, 9.17) is 11.6 Å². The van der Waals surface area contributed by atoms with Crippen molar-refractivity contribution in [3.63, 3.8) is 0 Å². The molecule has 1 aliphatic carbocycles. The maximum Gasteiger partial charge on any atom is 0.254 e. The Morgan fingerprint density at radius 1 is 1.29 bits per heavy atom. The Morgan fingerprint density at radius 3 is 2.52 bits per heavy atom. The normalized spacial score (nSPS) is 17.1. The summed E-state index contributed by atoms with van der Waals surface area (Å²) in [6.07, 6.45) is 6.39. The molecule has 0 aromatic heterocycles. The van der Waals surface area contributed by atoms with E-state index in [-0.39, 0.29) is 24.5 Å². The first kappa shape index (κ1) is 18.3. The maximum absolute atomic E-state index is 12.2. The van der Waals surface area contributed by atoms with Crippen molar-refractivity contribution >= 4 is 29.9 Å². The molecule has 118 valence electrons. The number of hydrogen-bond acceptors (Lipinski definition) is 2. The highest BCUT2D eigenvalue weighted by molar-refractivity contribution is 6.33. The molecule has 21 heavy (non-hydrogen) atoms. The van der Waals surface area contributed by atoms with E-state index in [0.29, 0.717) is 16.6 Å². The van der Waals surface area contributed by atoms with Gasteiger partial charge >= 0.3 is 0 Å². The van der Waals surface area contributed by atoms with E-state index in [2.05, 4.69) is 17.3 Å². The van der Waals surface area contributed by atoms with Gasteiger partial charge in [-0.3, -0.25) is 9.69 Å². The first-order valence-corrected chi connectivity index (χ1v) is 7.74. The molecule has 1 saturated carbocycles. The van der Waals surface area contributed by atoms with Gasteiger partial charge in [-0.05, 0) is 38.9 Å². The van der Waals surface area contributed by atoms with Crippen LogP contribution in [0.3, 0.4) is 0 Å². The first-order chi connectivity index (χ1) is 9.59. The Kier molecular flexibility index (Phi) is 7.50. The minimum Gasteiger partial charge on any atom is -0.337 e. The Bertz CT molecular complexity index is 461. The van der Waals surface area contributed by atoms with Crippen molar-refractivity contribution in [1.29, 1.82) is 0 Å². The SMILES string of the molecule is CC(NC(=O)c1ccccc1Cl)N(C)C1CCCCC1.Cl. The van der Waals surface area contributed by atoms with Gasteiger partial charge in [-0.2, -0.15) is 0 Å².